The maximum absolute atomic E-state index is 4.52. The first-order valence-corrected chi connectivity index (χ1v) is 5.21. The second-order valence-corrected chi connectivity index (χ2v) is 4.13. The van der Waals surface area contributed by atoms with Gasteiger partial charge in [0.2, 0.25) is 0 Å². The summed E-state index contributed by atoms with van der Waals surface area (Å²) in [6.45, 7) is 4.02. The second kappa shape index (κ2) is 3.01. The van der Waals surface area contributed by atoms with Crippen LogP contribution in [0.5, 0.6) is 0 Å². The molecule has 0 bridgehead atoms. The summed E-state index contributed by atoms with van der Waals surface area (Å²) in [6.07, 6.45) is 3.61. The van der Waals surface area contributed by atoms with Crippen molar-refractivity contribution in [3.63, 3.8) is 0 Å². The molecule has 2 heterocycles. The van der Waals surface area contributed by atoms with Gasteiger partial charge in [-0.25, -0.2) is 9.97 Å². The summed E-state index contributed by atoms with van der Waals surface area (Å²) in [6, 6.07) is 2.06. The number of fused-ring (bicyclic) bond motifs is 3. The minimum Gasteiger partial charge on any atom is -0.333 e. The van der Waals surface area contributed by atoms with Gasteiger partial charge in [0.25, 0.3) is 0 Å². The van der Waals surface area contributed by atoms with Crippen LogP contribution in [0.25, 0.3) is 22.1 Å². The third-order valence-electron chi connectivity index (χ3n) is 2.81. The number of aromatic nitrogens is 4. The summed E-state index contributed by atoms with van der Waals surface area (Å²) in [5, 5.41) is 0. The van der Waals surface area contributed by atoms with Gasteiger partial charge in [-0.15, -0.1) is 0 Å². The summed E-state index contributed by atoms with van der Waals surface area (Å²) in [5.74, 6) is 0. The van der Waals surface area contributed by atoms with Crippen molar-refractivity contribution in [2.24, 2.45) is 7.05 Å². The van der Waals surface area contributed by atoms with Gasteiger partial charge in [0, 0.05) is 13.2 Å². The normalized spacial score (nSPS) is 11.4. The molecule has 80 valence electrons. The molecule has 0 aliphatic rings. The zero-order valence-corrected chi connectivity index (χ0v) is 9.52. The van der Waals surface area contributed by atoms with Crippen LogP contribution in [0.1, 0.15) is 11.3 Å². The lowest BCUT2D eigenvalue weighted by atomic mass is 10.1. The predicted octanol–water partition coefficient (Wildman–Crippen LogP) is 2.13. The van der Waals surface area contributed by atoms with Crippen molar-refractivity contribution in [3.05, 3.63) is 29.8 Å². The summed E-state index contributed by atoms with van der Waals surface area (Å²) in [5.41, 5.74) is 5.97. The molecule has 0 saturated heterocycles. The fourth-order valence-corrected chi connectivity index (χ4v) is 2.11. The minimum absolute atomic E-state index is 0.890. The van der Waals surface area contributed by atoms with Gasteiger partial charge in [0.15, 0.2) is 0 Å². The number of imidazole rings is 1. The van der Waals surface area contributed by atoms with Crippen LogP contribution in [0.4, 0.5) is 0 Å². The zero-order chi connectivity index (χ0) is 11.3. The van der Waals surface area contributed by atoms with Crippen molar-refractivity contribution in [3.8, 4) is 0 Å². The first-order chi connectivity index (χ1) is 7.66. The van der Waals surface area contributed by atoms with E-state index in [1.165, 1.54) is 5.56 Å². The van der Waals surface area contributed by atoms with Gasteiger partial charge in [0.1, 0.15) is 11.0 Å². The molecule has 3 aromatic rings. The third kappa shape index (κ3) is 1.13. The molecule has 2 aromatic heterocycles. The van der Waals surface area contributed by atoms with E-state index < -0.39 is 0 Å². The first-order valence-electron chi connectivity index (χ1n) is 5.21. The second-order valence-electron chi connectivity index (χ2n) is 4.13. The fourth-order valence-electron chi connectivity index (χ4n) is 2.11. The molecule has 0 N–H and O–H groups in total. The van der Waals surface area contributed by atoms with E-state index in [-0.39, 0.29) is 0 Å². The average molecular weight is 212 g/mol. The summed E-state index contributed by atoms with van der Waals surface area (Å²) in [7, 11) is 2.00. The van der Waals surface area contributed by atoms with Crippen LogP contribution in [0, 0.1) is 13.8 Å². The Morgan fingerprint density at radius 2 is 1.94 bits per heavy atom. The van der Waals surface area contributed by atoms with Crippen LogP contribution in [0.15, 0.2) is 18.6 Å². The number of aryl methyl sites for hydroxylation is 3. The van der Waals surface area contributed by atoms with Crippen LogP contribution in [-0.4, -0.2) is 19.5 Å². The zero-order valence-electron chi connectivity index (χ0n) is 9.52. The van der Waals surface area contributed by atoms with Gasteiger partial charge in [-0.1, -0.05) is 0 Å². The Labute approximate surface area is 93.0 Å². The summed E-state index contributed by atoms with van der Waals surface area (Å²) < 4.78 is 2.02. The lowest BCUT2D eigenvalue weighted by Crippen LogP contribution is -1.92. The third-order valence-corrected chi connectivity index (χ3v) is 2.81. The SMILES string of the molecule is Cc1cnc2cc(C)c3c(ncn3C)c2n1. The fraction of sp³-hybridized carbons (Fsp3) is 0.250. The van der Waals surface area contributed by atoms with E-state index in [1.54, 1.807) is 6.20 Å². The van der Waals surface area contributed by atoms with Crippen molar-refractivity contribution >= 4 is 22.1 Å². The summed E-state index contributed by atoms with van der Waals surface area (Å²) in [4.78, 5) is 13.3. The average Bonchev–Trinajstić information content (AvgIpc) is 2.63. The Balaban J connectivity index is 2.61. The topological polar surface area (TPSA) is 43.6 Å². The minimum atomic E-state index is 0.890. The molecule has 16 heavy (non-hydrogen) atoms. The lowest BCUT2D eigenvalue weighted by Gasteiger charge is -2.03. The monoisotopic (exact) mass is 212 g/mol. The van der Waals surface area contributed by atoms with Crippen LogP contribution in [0.3, 0.4) is 0 Å². The Bertz CT molecular complexity index is 697. The van der Waals surface area contributed by atoms with Gasteiger partial charge in [-0.05, 0) is 25.5 Å². The molecule has 0 saturated carbocycles. The number of nitrogens with zero attached hydrogens (tertiary/aromatic N) is 4. The Hall–Kier alpha value is -1.97. The standard InChI is InChI=1S/C12H12N4/c1-7-4-9-10(15-8(2)5-13-9)11-12(7)16(3)6-14-11/h4-6H,1-3H3. The van der Waals surface area contributed by atoms with Gasteiger partial charge in [0.05, 0.1) is 23.1 Å². The van der Waals surface area contributed by atoms with Crippen LogP contribution in [-0.2, 0) is 7.05 Å². The van der Waals surface area contributed by atoms with E-state index in [0.717, 1.165) is 27.8 Å². The highest BCUT2D eigenvalue weighted by atomic mass is 15.0. The van der Waals surface area contributed by atoms with Gasteiger partial charge in [-0.2, -0.15) is 0 Å². The maximum atomic E-state index is 4.52. The van der Waals surface area contributed by atoms with Crippen molar-refractivity contribution in [2.75, 3.05) is 0 Å². The molecule has 0 spiro atoms. The highest BCUT2D eigenvalue weighted by molar-refractivity contribution is 6.01. The highest BCUT2D eigenvalue weighted by Crippen LogP contribution is 2.24. The van der Waals surface area contributed by atoms with Crippen LogP contribution in [0.2, 0.25) is 0 Å². The maximum Gasteiger partial charge on any atom is 0.117 e. The predicted molar refractivity (Wildman–Crippen MR) is 63.3 cm³/mol. The quantitative estimate of drug-likeness (QED) is 0.573. The van der Waals surface area contributed by atoms with E-state index in [4.69, 9.17) is 0 Å². The van der Waals surface area contributed by atoms with Crippen molar-refractivity contribution in [1.29, 1.82) is 0 Å². The molecule has 4 heteroatoms. The largest absolute Gasteiger partial charge is 0.333 e. The molecule has 0 fully saturated rings. The smallest absolute Gasteiger partial charge is 0.117 e. The van der Waals surface area contributed by atoms with Crippen molar-refractivity contribution < 1.29 is 0 Å². The molecule has 1 aromatic carbocycles. The van der Waals surface area contributed by atoms with E-state index in [1.807, 2.05) is 24.9 Å². The number of hydrogen-bond acceptors (Lipinski definition) is 3. The lowest BCUT2D eigenvalue weighted by molar-refractivity contribution is 0.944. The van der Waals surface area contributed by atoms with Gasteiger partial charge >= 0.3 is 0 Å². The summed E-state index contributed by atoms with van der Waals surface area (Å²) >= 11 is 0. The molecule has 0 aliphatic carbocycles. The Morgan fingerprint density at radius 1 is 1.12 bits per heavy atom. The highest BCUT2D eigenvalue weighted by Gasteiger charge is 2.10. The van der Waals surface area contributed by atoms with E-state index in [9.17, 15) is 0 Å². The molecule has 3 rings (SSSR count). The van der Waals surface area contributed by atoms with Crippen molar-refractivity contribution in [2.45, 2.75) is 13.8 Å². The molecule has 0 radical (unpaired) electrons. The van der Waals surface area contributed by atoms with Crippen molar-refractivity contribution in [1.82, 2.24) is 19.5 Å². The molecular formula is C12H12N4. The number of rotatable bonds is 0. The molecule has 0 atom stereocenters. The van der Waals surface area contributed by atoms with Crippen LogP contribution >= 0.6 is 0 Å². The first kappa shape index (κ1) is 9.27. The number of hydrogen-bond donors (Lipinski definition) is 0. The number of benzene rings is 1. The Kier molecular flexibility index (Phi) is 1.74. The van der Waals surface area contributed by atoms with E-state index >= 15 is 0 Å². The van der Waals surface area contributed by atoms with Gasteiger partial charge < -0.3 is 4.57 Å². The van der Waals surface area contributed by atoms with Gasteiger partial charge in [-0.3, -0.25) is 4.98 Å². The molecule has 0 unspecified atom stereocenters. The van der Waals surface area contributed by atoms with E-state index in [0.29, 0.717) is 0 Å². The molecular weight excluding hydrogens is 200 g/mol. The molecule has 0 amide bonds. The van der Waals surface area contributed by atoms with E-state index in [2.05, 4.69) is 27.9 Å². The Morgan fingerprint density at radius 3 is 2.75 bits per heavy atom. The molecule has 0 aliphatic heterocycles. The van der Waals surface area contributed by atoms with Crippen LogP contribution < -0.4 is 0 Å². The molecule has 4 nitrogen and oxygen atoms in total.